The van der Waals surface area contributed by atoms with E-state index in [2.05, 4.69) is 21.2 Å². The highest BCUT2D eigenvalue weighted by Gasteiger charge is 2.28. The monoisotopic (exact) mass is 469 g/mol. The van der Waals surface area contributed by atoms with Gasteiger partial charge in [-0.2, -0.15) is 4.31 Å². The van der Waals surface area contributed by atoms with Crippen molar-refractivity contribution in [1.82, 2.24) is 4.31 Å². The Bertz CT molecular complexity index is 1050. The molecular formula is C18H20BrN3O5S. The molecule has 0 saturated carbocycles. The van der Waals surface area contributed by atoms with E-state index in [1.54, 1.807) is 26.0 Å². The van der Waals surface area contributed by atoms with Gasteiger partial charge in [-0.05, 0) is 55.7 Å². The van der Waals surface area contributed by atoms with Crippen LogP contribution >= 0.6 is 15.9 Å². The van der Waals surface area contributed by atoms with Crippen molar-refractivity contribution in [2.45, 2.75) is 25.7 Å². The number of carbonyl (C=O) groups excluding carboxylic acids is 1. The van der Waals surface area contributed by atoms with Crippen molar-refractivity contribution in [3.8, 4) is 0 Å². The topological polar surface area (TPSA) is 110 Å². The Morgan fingerprint density at radius 1 is 1.18 bits per heavy atom. The quantitative estimate of drug-likeness (QED) is 0.513. The van der Waals surface area contributed by atoms with Crippen molar-refractivity contribution < 1.29 is 18.1 Å². The van der Waals surface area contributed by atoms with Gasteiger partial charge in [-0.1, -0.05) is 15.9 Å². The van der Waals surface area contributed by atoms with Gasteiger partial charge in [0.25, 0.3) is 5.69 Å². The van der Waals surface area contributed by atoms with Crippen molar-refractivity contribution in [3.05, 3.63) is 61.6 Å². The molecule has 0 unspecified atom stereocenters. The number of hydrogen-bond acceptors (Lipinski definition) is 5. The predicted molar refractivity (Wildman–Crippen MR) is 110 cm³/mol. The molecule has 0 atom stereocenters. The van der Waals surface area contributed by atoms with Crippen LogP contribution in [0.3, 0.4) is 0 Å². The molecule has 150 valence electrons. The summed E-state index contributed by atoms with van der Waals surface area (Å²) in [5.74, 6) is -0.517. The standard InChI is InChI=1S/C18H20BrN3O5S/c1-11-8-15(22(24)25)9-17(13(11)3)28(26,27)21(4)10-18(23)20-16-6-5-14(19)7-12(16)2/h5-9H,10H2,1-4H3,(H,20,23). The Kier molecular flexibility index (Phi) is 6.58. The van der Waals surface area contributed by atoms with Gasteiger partial charge in [0, 0.05) is 29.3 Å². The van der Waals surface area contributed by atoms with Gasteiger partial charge in [0.1, 0.15) is 0 Å². The molecule has 10 heteroatoms. The van der Waals surface area contributed by atoms with Crippen LogP contribution in [0.15, 0.2) is 39.7 Å². The minimum Gasteiger partial charge on any atom is -0.325 e. The number of rotatable bonds is 6. The summed E-state index contributed by atoms with van der Waals surface area (Å²) in [5, 5.41) is 13.8. The first kappa shape index (κ1) is 22.0. The highest BCUT2D eigenvalue weighted by Crippen LogP contribution is 2.27. The lowest BCUT2D eigenvalue weighted by Gasteiger charge is -2.19. The zero-order chi connectivity index (χ0) is 21.2. The molecule has 2 aromatic carbocycles. The van der Waals surface area contributed by atoms with Crippen LogP contribution in [0.1, 0.15) is 16.7 Å². The number of amides is 1. The van der Waals surface area contributed by atoms with Crippen LogP contribution < -0.4 is 5.32 Å². The number of non-ortho nitro benzene ring substituents is 1. The fourth-order valence-electron chi connectivity index (χ4n) is 2.59. The van der Waals surface area contributed by atoms with E-state index in [-0.39, 0.29) is 10.6 Å². The molecule has 0 heterocycles. The van der Waals surface area contributed by atoms with Gasteiger partial charge in [0.05, 0.1) is 16.4 Å². The summed E-state index contributed by atoms with van der Waals surface area (Å²) >= 11 is 3.34. The summed E-state index contributed by atoms with van der Waals surface area (Å²) in [6, 6.07) is 7.63. The third-order valence-electron chi connectivity index (χ3n) is 4.33. The second-order valence-electron chi connectivity index (χ2n) is 6.41. The van der Waals surface area contributed by atoms with Crippen LogP contribution in [-0.4, -0.2) is 37.1 Å². The van der Waals surface area contributed by atoms with E-state index in [0.29, 0.717) is 16.8 Å². The lowest BCUT2D eigenvalue weighted by molar-refractivity contribution is -0.385. The average Bonchev–Trinajstić information content (AvgIpc) is 2.59. The second-order valence-corrected chi connectivity index (χ2v) is 9.34. The molecule has 0 spiro atoms. The van der Waals surface area contributed by atoms with Gasteiger partial charge in [0.2, 0.25) is 15.9 Å². The number of nitrogens with zero attached hydrogens (tertiary/aromatic N) is 2. The van der Waals surface area contributed by atoms with Crippen molar-refractivity contribution in [3.63, 3.8) is 0 Å². The zero-order valence-corrected chi connectivity index (χ0v) is 18.2. The number of likely N-dealkylation sites (N-methyl/N-ethyl adjacent to an activating group) is 1. The van der Waals surface area contributed by atoms with E-state index < -0.39 is 27.4 Å². The maximum absolute atomic E-state index is 12.9. The van der Waals surface area contributed by atoms with E-state index >= 15 is 0 Å². The highest BCUT2D eigenvalue weighted by molar-refractivity contribution is 9.10. The summed E-state index contributed by atoms with van der Waals surface area (Å²) in [7, 11) is -2.83. The molecule has 0 aliphatic carbocycles. The molecule has 0 radical (unpaired) electrons. The minimum absolute atomic E-state index is 0.186. The number of anilines is 1. The van der Waals surface area contributed by atoms with Crippen molar-refractivity contribution in [1.29, 1.82) is 0 Å². The number of sulfonamides is 1. The molecule has 1 N–H and O–H groups in total. The smallest absolute Gasteiger partial charge is 0.271 e. The van der Waals surface area contributed by atoms with E-state index in [1.807, 2.05) is 13.0 Å². The lowest BCUT2D eigenvalue weighted by Crippen LogP contribution is -2.35. The third kappa shape index (κ3) is 4.75. The lowest BCUT2D eigenvalue weighted by atomic mass is 10.1. The maximum Gasteiger partial charge on any atom is 0.271 e. The third-order valence-corrected chi connectivity index (χ3v) is 6.76. The van der Waals surface area contributed by atoms with Gasteiger partial charge in [-0.3, -0.25) is 14.9 Å². The molecule has 28 heavy (non-hydrogen) atoms. The largest absolute Gasteiger partial charge is 0.325 e. The van der Waals surface area contributed by atoms with Crippen molar-refractivity contribution in [2.24, 2.45) is 0 Å². The first-order valence-electron chi connectivity index (χ1n) is 8.21. The first-order chi connectivity index (χ1) is 12.9. The summed E-state index contributed by atoms with van der Waals surface area (Å²) in [6.45, 7) is 4.56. The number of carbonyl (C=O) groups is 1. The summed E-state index contributed by atoms with van der Waals surface area (Å²) in [4.78, 5) is 22.6. The predicted octanol–water partition coefficient (Wildman–Crippen LogP) is 3.54. The number of hydrogen-bond donors (Lipinski definition) is 1. The number of nitro benzene ring substituents is 1. The molecule has 8 nitrogen and oxygen atoms in total. The van der Waals surface area contributed by atoms with Gasteiger partial charge in [-0.25, -0.2) is 8.42 Å². The maximum atomic E-state index is 12.9. The number of aryl methyl sites for hydroxylation is 2. The number of halogens is 1. The van der Waals surface area contributed by atoms with Gasteiger partial charge >= 0.3 is 0 Å². The van der Waals surface area contributed by atoms with E-state index in [4.69, 9.17) is 0 Å². The van der Waals surface area contributed by atoms with Crippen LogP contribution in [0.4, 0.5) is 11.4 Å². The Hall–Kier alpha value is -2.30. The molecule has 0 saturated heterocycles. The van der Waals surface area contributed by atoms with Gasteiger partial charge in [-0.15, -0.1) is 0 Å². The fourth-order valence-corrected chi connectivity index (χ4v) is 4.51. The van der Waals surface area contributed by atoms with Crippen molar-refractivity contribution in [2.75, 3.05) is 18.9 Å². The fraction of sp³-hybridized carbons (Fsp3) is 0.278. The number of nitro groups is 1. The molecular weight excluding hydrogens is 450 g/mol. The SMILES string of the molecule is Cc1cc(Br)ccc1NC(=O)CN(C)S(=O)(=O)c1cc([N+](=O)[O-])cc(C)c1C. The Balaban J connectivity index is 2.26. The summed E-state index contributed by atoms with van der Waals surface area (Å²) in [5.41, 5.74) is 1.96. The molecule has 1 amide bonds. The summed E-state index contributed by atoms with van der Waals surface area (Å²) < 4.78 is 27.5. The van der Waals surface area contributed by atoms with Crippen LogP contribution in [0.5, 0.6) is 0 Å². The molecule has 0 aromatic heterocycles. The van der Waals surface area contributed by atoms with E-state index in [0.717, 1.165) is 20.4 Å². The van der Waals surface area contributed by atoms with E-state index in [9.17, 15) is 23.3 Å². The summed E-state index contributed by atoms with van der Waals surface area (Å²) in [6.07, 6.45) is 0. The second kappa shape index (κ2) is 8.38. The normalized spacial score (nSPS) is 11.5. The minimum atomic E-state index is -4.09. The molecule has 0 bridgehead atoms. The Labute approximate surface area is 171 Å². The number of benzene rings is 2. The first-order valence-corrected chi connectivity index (χ1v) is 10.4. The average molecular weight is 470 g/mol. The molecule has 0 fully saturated rings. The van der Waals surface area contributed by atoms with E-state index in [1.165, 1.54) is 13.1 Å². The highest BCUT2D eigenvalue weighted by atomic mass is 79.9. The molecule has 0 aliphatic heterocycles. The zero-order valence-electron chi connectivity index (χ0n) is 15.8. The molecule has 2 rings (SSSR count). The van der Waals surface area contributed by atoms with Crippen LogP contribution in [-0.2, 0) is 14.8 Å². The van der Waals surface area contributed by atoms with Gasteiger partial charge < -0.3 is 5.32 Å². The Morgan fingerprint density at radius 2 is 1.82 bits per heavy atom. The van der Waals surface area contributed by atoms with Crippen molar-refractivity contribution >= 4 is 43.2 Å². The number of nitrogens with one attached hydrogen (secondary N) is 1. The van der Waals surface area contributed by atoms with Crippen LogP contribution in [0.25, 0.3) is 0 Å². The van der Waals surface area contributed by atoms with Crippen LogP contribution in [0.2, 0.25) is 0 Å². The molecule has 2 aromatic rings. The Morgan fingerprint density at radius 3 is 2.39 bits per heavy atom. The van der Waals surface area contributed by atoms with Gasteiger partial charge in [0.15, 0.2) is 0 Å². The van der Waals surface area contributed by atoms with Crippen LogP contribution in [0, 0.1) is 30.9 Å². The molecule has 0 aliphatic rings.